The van der Waals surface area contributed by atoms with Crippen LogP contribution < -0.4 is 29.7 Å². The van der Waals surface area contributed by atoms with Crippen LogP contribution in [-0.2, 0) is 19.1 Å². The lowest BCUT2D eigenvalue weighted by Crippen LogP contribution is -2.28. The van der Waals surface area contributed by atoms with Gasteiger partial charge in [-0.1, -0.05) is 6.07 Å². The minimum atomic E-state index is -0.632. The Morgan fingerprint density at radius 3 is 2.20 bits per heavy atom. The molecule has 2 aromatic rings. The van der Waals surface area contributed by atoms with E-state index in [1.807, 2.05) is 0 Å². The summed E-state index contributed by atoms with van der Waals surface area (Å²) in [7, 11) is 5.99. The standard InChI is InChI=1S/C24H29N3O8/c1-31-8-9-35-24(30)26-17-7-5-6-16(11-17)25-23(29)15-10-21(28)27(14-15)18-12-19(32-2)22(34-4)20(13-18)33-3/h5-7,11-13,15H,8-10,14H2,1-4H3,(H,25,29)(H,26,30). The molecule has 0 radical (unpaired) electrons. The molecule has 1 atom stereocenters. The maximum absolute atomic E-state index is 12.9. The minimum Gasteiger partial charge on any atom is -0.493 e. The van der Waals surface area contributed by atoms with Crippen molar-refractivity contribution in [2.45, 2.75) is 6.42 Å². The van der Waals surface area contributed by atoms with Gasteiger partial charge in [-0.2, -0.15) is 0 Å². The number of methoxy groups -OCH3 is 4. The lowest BCUT2D eigenvalue weighted by atomic mass is 10.1. The summed E-state index contributed by atoms with van der Waals surface area (Å²) < 4.78 is 25.9. The van der Waals surface area contributed by atoms with E-state index in [9.17, 15) is 14.4 Å². The molecule has 11 heteroatoms. The van der Waals surface area contributed by atoms with E-state index in [4.69, 9.17) is 23.7 Å². The van der Waals surface area contributed by atoms with Crippen LogP contribution in [0.1, 0.15) is 6.42 Å². The molecule has 2 aromatic carbocycles. The smallest absolute Gasteiger partial charge is 0.411 e. The van der Waals surface area contributed by atoms with E-state index in [2.05, 4.69) is 10.6 Å². The molecular formula is C24H29N3O8. The predicted octanol–water partition coefficient (Wildman–Crippen LogP) is 2.90. The van der Waals surface area contributed by atoms with Crippen LogP contribution >= 0.6 is 0 Å². The SMILES string of the molecule is COCCOC(=O)Nc1cccc(NC(=O)C2CC(=O)N(c3cc(OC)c(OC)c(OC)c3)C2)c1. The Kier molecular flexibility index (Phi) is 8.74. The van der Waals surface area contributed by atoms with Crippen LogP contribution in [0.4, 0.5) is 21.9 Å². The van der Waals surface area contributed by atoms with E-state index < -0.39 is 12.0 Å². The summed E-state index contributed by atoms with van der Waals surface area (Å²) in [5.41, 5.74) is 1.47. The van der Waals surface area contributed by atoms with Crippen molar-refractivity contribution in [3.8, 4) is 17.2 Å². The Morgan fingerprint density at radius 2 is 1.60 bits per heavy atom. The number of nitrogens with one attached hydrogen (secondary N) is 2. The van der Waals surface area contributed by atoms with Crippen LogP contribution in [0.3, 0.4) is 0 Å². The molecule has 11 nitrogen and oxygen atoms in total. The van der Waals surface area contributed by atoms with Gasteiger partial charge in [0.1, 0.15) is 6.61 Å². The number of anilines is 3. The average Bonchev–Trinajstić information content (AvgIpc) is 3.25. The van der Waals surface area contributed by atoms with E-state index in [-0.39, 0.29) is 38.0 Å². The predicted molar refractivity (Wildman–Crippen MR) is 128 cm³/mol. The van der Waals surface area contributed by atoms with Crippen molar-refractivity contribution < 1.29 is 38.1 Å². The third kappa shape index (κ3) is 6.33. The molecule has 35 heavy (non-hydrogen) atoms. The number of amides is 3. The fourth-order valence-corrected chi connectivity index (χ4v) is 3.65. The molecule has 3 amide bonds. The van der Waals surface area contributed by atoms with Gasteiger partial charge < -0.3 is 33.9 Å². The second kappa shape index (κ2) is 11.9. The molecule has 3 rings (SSSR count). The molecule has 1 unspecified atom stereocenters. The van der Waals surface area contributed by atoms with Crippen LogP contribution in [0, 0.1) is 5.92 Å². The summed E-state index contributed by atoms with van der Waals surface area (Å²) in [6, 6.07) is 9.97. The number of hydrogen-bond donors (Lipinski definition) is 2. The summed E-state index contributed by atoms with van der Waals surface area (Å²) in [5.74, 6) is 0.148. The number of rotatable bonds is 10. The molecule has 188 valence electrons. The fraction of sp³-hybridized carbons (Fsp3) is 0.375. The quantitative estimate of drug-likeness (QED) is 0.490. The molecule has 1 aliphatic rings. The number of hydrogen-bond acceptors (Lipinski definition) is 8. The first-order chi connectivity index (χ1) is 16.9. The van der Waals surface area contributed by atoms with Gasteiger partial charge in [-0.05, 0) is 18.2 Å². The van der Waals surface area contributed by atoms with Crippen LogP contribution in [0.25, 0.3) is 0 Å². The van der Waals surface area contributed by atoms with Gasteiger partial charge in [-0.25, -0.2) is 4.79 Å². The zero-order valence-electron chi connectivity index (χ0n) is 20.1. The van der Waals surface area contributed by atoms with E-state index >= 15 is 0 Å². The third-order valence-corrected chi connectivity index (χ3v) is 5.35. The molecule has 1 heterocycles. The Bertz CT molecular complexity index is 1050. The van der Waals surface area contributed by atoms with E-state index in [1.54, 1.807) is 36.4 Å². The van der Waals surface area contributed by atoms with Crippen molar-refractivity contribution in [1.82, 2.24) is 0 Å². The highest BCUT2D eigenvalue weighted by Gasteiger charge is 2.36. The van der Waals surface area contributed by atoms with Crippen molar-refractivity contribution in [3.05, 3.63) is 36.4 Å². The zero-order chi connectivity index (χ0) is 25.4. The highest BCUT2D eigenvalue weighted by Crippen LogP contribution is 2.42. The van der Waals surface area contributed by atoms with E-state index in [1.165, 1.54) is 33.3 Å². The molecule has 1 fully saturated rings. The molecule has 0 saturated carbocycles. The normalized spacial score (nSPS) is 14.9. The number of carbonyl (C=O) groups excluding carboxylic acids is 3. The molecule has 0 spiro atoms. The largest absolute Gasteiger partial charge is 0.493 e. The Morgan fingerprint density at radius 1 is 0.943 bits per heavy atom. The Hall–Kier alpha value is -3.99. The maximum Gasteiger partial charge on any atom is 0.411 e. The summed E-state index contributed by atoms with van der Waals surface area (Å²) in [6.45, 7) is 0.598. The molecule has 0 aliphatic carbocycles. The van der Waals surface area contributed by atoms with Gasteiger partial charge in [0.2, 0.25) is 17.6 Å². The van der Waals surface area contributed by atoms with E-state index in [0.29, 0.717) is 34.3 Å². The number of carbonyl (C=O) groups is 3. The number of nitrogens with zero attached hydrogens (tertiary/aromatic N) is 1. The summed E-state index contributed by atoms with van der Waals surface area (Å²) in [4.78, 5) is 39.0. The molecule has 0 aromatic heterocycles. The van der Waals surface area contributed by atoms with Gasteiger partial charge in [-0.3, -0.25) is 14.9 Å². The topological polar surface area (TPSA) is 125 Å². The van der Waals surface area contributed by atoms with Gasteiger partial charge in [0.15, 0.2) is 11.5 Å². The monoisotopic (exact) mass is 487 g/mol. The van der Waals surface area contributed by atoms with Crippen molar-refractivity contribution in [2.75, 3.05) is 63.7 Å². The van der Waals surface area contributed by atoms with Gasteiger partial charge >= 0.3 is 6.09 Å². The van der Waals surface area contributed by atoms with Gasteiger partial charge in [0.05, 0.1) is 39.5 Å². The Labute approximate surface area is 203 Å². The second-order valence-electron chi connectivity index (χ2n) is 7.61. The van der Waals surface area contributed by atoms with Crippen LogP contribution in [0.2, 0.25) is 0 Å². The van der Waals surface area contributed by atoms with Crippen LogP contribution in [0.5, 0.6) is 17.2 Å². The van der Waals surface area contributed by atoms with Crippen LogP contribution in [-0.4, -0.2) is 66.1 Å². The van der Waals surface area contributed by atoms with Crippen molar-refractivity contribution in [3.63, 3.8) is 0 Å². The summed E-state index contributed by atoms with van der Waals surface area (Å²) in [5, 5.41) is 5.39. The first-order valence-corrected chi connectivity index (χ1v) is 10.8. The van der Waals surface area contributed by atoms with E-state index in [0.717, 1.165) is 0 Å². The first kappa shape index (κ1) is 25.6. The summed E-state index contributed by atoms with van der Waals surface area (Å²) in [6.07, 6.45) is -0.584. The second-order valence-corrected chi connectivity index (χ2v) is 7.61. The Balaban J connectivity index is 1.66. The zero-order valence-corrected chi connectivity index (χ0v) is 20.1. The van der Waals surface area contributed by atoms with Gasteiger partial charge in [0, 0.05) is 43.6 Å². The number of ether oxygens (including phenoxy) is 5. The molecule has 0 bridgehead atoms. The van der Waals surface area contributed by atoms with Gasteiger partial charge in [0.25, 0.3) is 0 Å². The highest BCUT2D eigenvalue weighted by atomic mass is 16.6. The average molecular weight is 488 g/mol. The number of benzene rings is 2. The van der Waals surface area contributed by atoms with Crippen molar-refractivity contribution in [2.24, 2.45) is 5.92 Å². The van der Waals surface area contributed by atoms with Crippen molar-refractivity contribution in [1.29, 1.82) is 0 Å². The lowest BCUT2D eigenvalue weighted by molar-refractivity contribution is -0.122. The highest BCUT2D eigenvalue weighted by molar-refractivity contribution is 6.04. The minimum absolute atomic E-state index is 0.0479. The molecule has 2 N–H and O–H groups in total. The van der Waals surface area contributed by atoms with Crippen molar-refractivity contribution >= 4 is 35.0 Å². The fourth-order valence-electron chi connectivity index (χ4n) is 3.65. The first-order valence-electron chi connectivity index (χ1n) is 10.8. The van der Waals surface area contributed by atoms with Crippen LogP contribution in [0.15, 0.2) is 36.4 Å². The molecule has 1 aliphatic heterocycles. The third-order valence-electron chi connectivity index (χ3n) is 5.35. The lowest BCUT2D eigenvalue weighted by Gasteiger charge is -2.20. The maximum atomic E-state index is 12.9. The molecular weight excluding hydrogens is 458 g/mol. The van der Waals surface area contributed by atoms with Gasteiger partial charge in [-0.15, -0.1) is 0 Å². The summed E-state index contributed by atoms with van der Waals surface area (Å²) >= 11 is 0. The molecule has 1 saturated heterocycles.